The Morgan fingerprint density at radius 3 is 2.86 bits per heavy atom. The lowest BCUT2D eigenvalue weighted by Gasteiger charge is -2.28. The summed E-state index contributed by atoms with van der Waals surface area (Å²) >= 11 is 0. The highest BCUT2D eigenvalue weighted by atomic mass is 32.2. The van der Waals surface area contributed by atoms with E-state index in [-0.39, 0.29) is 22.5 Å². The zero-order valence-electron chi connectivity index (χ0n) is 11.9. The summed E-state index contributed by atoms with van der Waals surface area (Å²) in [5, 5.41) is 3.45. The highest BCUT2D eigenvalue weighted by Crippen LogP contribution is 2.33. The van der Waals surface area contributed by atoms with Crippen LogP contribution in [0.25, 0.3) is 0 Å². The molecule has 1 aromatic carbocycles. The number of halogens is 1. The van der Waals surface area contributed by atoms with E-state index in [1.165, 1.54) is 18.2 Å². The van der Waals surface area contributed by atoms with E-state index in [0.29, 0.717) is 17.9 Å². The van der Waals surface area contributed by atoms with Crippen molar-refractivity contribution in [2.45, 2.75) is 36.6 Å². The third-order valence-corrected chi connectivity index (χ3v) is 6.20. The number of fused-ring (bicyclic) bond motifs is 1. The van der Waals surface area contributed by atoms with Crippen molar-refractivity contribution in [2.75, 3.05) is 12.3 Å². The second-order valence-electron chi connectivity index (χ2n) is 5.90. The van der Waals surface area contributed by atoms with Crippen LogP contribution in [0.15, 0.2) is 35.2 Å². The van der Waals surface area contributed by atoms with Gasteiger partial charge in [-0.25, -0.2) is 12.8 Å². The molecule has 0 radical (unpaired) electrons. The molecule has 1 heterocycles. The first-order chi connectivity index (χ1) is 10.1. The molecule has 2 unspecified atom stereocenters. The zero-order valence-corrected chi connectivity index (χ0v) is 12.7. The van der Waals surface area contributed by atoms with E-state index >= 15 is 0 Å². The average Bonchev–Trinajstić information content (AvgIpc) is 2.47. The molecule has 114 valence electrons. The van der Waals surface area contributed by atoms with Gasteiger partial charge < -0.3 is 5.32 Å². The van der Waals surface area contributed by atoms with Crippen LogP contribution in [0.5, 0.6) is 0 Å². The zero-order chi connectivity index (χ0) is 14.9. The van der Waals surface area contributed by atoms with Crippen molar-refractivity contribution in [1.29, 1.82) is 0 Å². The van der Waals surface area contributed by atoms with Crippen LogP contribution in [-0.2, 0) is 9.84 Å². The Bertz CT molecular complexity index is 654. The number of sulfone groups is 1. The molecule has 3 rings (SSSR count). The summed E-state index contributed by atoms with van der Waals surface area (Å²) in [5.74, 6) is 0.345. The van der Waals surface area contributed by atoms with Crippen molar-refractivity contribution in [3.05, 3.63) is 41.7 Å². The van der Waals surface area contributed by atoms with Gasteiger partial charge in [-0.15, -0.1) is 0 Å². The van der Waals surface area contributed by atoms with Crippen LogP contribution in [-0.4, -0.2) is 20.7 Å². The van der Waals surface area contributed by atoms with Gasteiger partial charge in [0.2, 0.25) is 0 Å². The maximum atomic E-state index is 13.5. The van der Waals surface area contributed by atoms with Gasteiger partial charge in [0, 0.05) is 6.04 Å². The molecule has 1 aliphatic carbocycles. The molecule has 0 bridgehead atoms. The summed E-state index contributed by atoms with van der Waals surface area (Å²) < 4.78 is 37.6. The Labute approximate surface area is 125 Å². The molecule has 0 saturated carbocycles. The molecule has 0 amide bonds. The third kappa shape index (κ3) is 3.19. The summed E-state index contributed by atoms with van der Waals surface area (Å²) in [6, 6.07) is 3.93. The SMILES string of the molecule is O=S1(=O)CCC(NCC2CC=CCC2)c2cc(F)ccc21. The minimum Gasteiger partial charge on any atom is -0.310 e. The number of rotatable bonds is 3. The lowest BCUT2D eigenvalue weighted by atomic mass is 9.93. The molecule has 2 aliphatic rings. The van der Waals surface area contributed by atoms with Gasteiger partial charge in [0.25, 0.3) is 0 Å². The Kier molecular flexibility index (Phi) is 4.13. The van der Waals surface area contributed by atoms with Crippen LogP contribution in [0.2, 0.25) is 0 Å². The summed E-state index contributed by atoms with van der Waals surface area (Å²) in [7, 11) is -3.25. The van der Waals surface area contributed by atoms with Crippen molar-refractivity contribution in [1.82, 2.24) is 5.32 Å². The Balaban J connectivity index is 1.78. The van der Waals surface area contributed by atoms with E-state index in [4.69, 9.17) is 0 Å². The highest BCUT2D eigenvalue weighted by Gasteiger charge is 2.30. The Hall–Kier alpha value is -1.20. The first-order valence-electron chi connectivity index (χ1n) is 7.47. The minimum atomic E-state index is -3.25. The third-order valence-electron chi connectivity index (χ3n) is 4.39. The van der Waals surface area contributed by atoms with E-state index < -0.39 is 9.84 Å². The monoisotopic (exact) mass is 309 g/mol. The lowest BCUT2D eigenvalue weighted by Crippen LogP contribution is -2.33. The van der Waals surface area contributed by atoms with Crippen LogP contribution in [0.3, 0.4) is 0 Å². The molecule has 0 saturated heterocycles. The van der Waals surface area contributed by atoms with Gasteiger partial charge in [0.05, 0.1) is 10.6 Å². The standard InChI is InChI=1S/C16H20FNO2S/c17-13-6-7-16-14(10-13)15(8-9-21(16,19)20)18-11-12-4-2-1-3-5-12/h1-2,6-7,10,12,15,18H,3-5,8-9,11H2. The second-order valence-corrected chi connectivity index (χ2v) is 7.98. The molecule has 0 aromatic heterocycles. The van der Waals surface area contributed by atoms with Gasteiger partial charge in [-0.05, 0) is 61.9 Å². The van der Waals surface area contributed by atoms with E-state index in [9.17, 15) is 12.8 Å². The largest absolute Gasteiger partial charge is 0.310 e. The molecule has 21 heavy (non-hydrogen) atoms. The van der Waals surface area contributed by atoms with Crippen LogP contribution >= 0.6 is 0 Å². The number of hydrogen-bond acceptors (Lipinski definition) is 3. The normalized spacial score (nSPS) is 27.3. The predicted molar refractivity (Wildman–Crippen MR) is 80.3 cm³/mol. The van der Waals surface area contributed by atoms with Gasteiger partial charge in [0.1, 0.15) is 5.82 Å². The van der Waals surface area contributed by atoms with Gasteiger partial charge >= 0.3 is 0 Å². The first-order valence-corrected chi connectivity index (χ1v) is 9.12. The minimum absolute atomic E-state index is 0.0647. The quantitative estimate of drug-likeness (QED) is 0.689. The van der Waals surface area contributed by atoms with E-state index in [0.717, 1.165) is 25.8 Å². The smallest absolute Gasteiger partial charge is 0.178 e. The molecule has 0 spiro atoms. The molecular weight excluding hydrogens is 289 g/mol. The molecular formula is C16H20FNO2S. The number of hydrogen-bond donors (Lipinski definition) is 1. The number of nitrogens with one attached hydrogen (secondary N) is 1. The fraction of sp³-hybridized carbons (Fsp3) is 0.500. The molecule has 5 heteroatoms. The molecule has 0 fully saturated rings. The van der Waals surface area contributed by atoms with Gasteiger partial charge in [-0.3, -0.25) is 0 Å². The Morgan fingerprint density at radius 2 is 2.10 bits per heavy atom. The van der Waals surface area contributed by atoms with Crippen molar-refractivity contribution >= 4 is 9.84 Å². The van der Waals surface area contributed by atoms with Crippen molar-refractivity contribution in [3.63, 3.8) is 0 Å². The summed E-state index contributed by atoms with van der Waals surface area (Å²) in [5.41, 5.74) is 0.590. The topological polar surface area (TPSA) is 46.2 Å². The maximum Gasteiger partial charge on any atom is 0.178 e. The summed E-state index contributed by atoms with van der Waals surface area (Å²) in [4.78, 5) is 0.288. The maximum absolute atomic E-state index is 13.5. The molecule has 3 nitrogen and oxygen atoms in total. The number of allylic oxidation sites excluding steroid dienone is 2. The summed E-state index contributed by atoms with van der Waals surface area (Å²) in [6.07, 6.45) is 8.25. The van der Waals surface area contributed by atoms with Crippen LogP contribution in [0.4, 0.5) is 4.39 Å². The van der Waals surface area contributed by atoms with E-state index in [1.807, 2.05) is 0 Å². The Morgan fingerprint density at radius 1 is 1.24 bits per heavy atom. The van der Waals surface area contributed by atoms with Gasteiger partial charge in [0.15, 0.2) is 9.84 Å². The van der Waals surface area contributed by atoms with E-state index in [1.54, 1.807) is 0 Å². The van der Waals surface area contributed by atoms with Crippen LogP contribution in [0.1, 0.15) is 37.3 Å². The first kappa shape index (κ1) is 14.7. The van der Waals surface area contributed by atoms with Crippen LogP contribution < -0.4 is 5.32 Å². The van der Waals surface area contributed by atoms with E-state index in [2.05, 4.69) is 17.5 Å². The lowest BCUT2D eigenvalue weighted by molar-refractivity contribution is 0.394. The van der Waals surface area contributed by atoms with Gasteiger partial charge in [-0.2, -0.15) is 0 Å². The van der Waals surface area contributed by atoms with Crippen molar-refractivity contribution < 1.29 is 12.8 Å². The fourth-order valence-electron chi connectivity index (χ4n) is 3.18. The molecule has 1 aromatic rings. The number of benzene rings is 1. The van der Waals surface area contributed by atoms with Crippen molar-refractivity contribution in [3.8, 4) is 0 Å². The molecule has 2 atom stereocenters. The van der Waals surface area contributed by atoms with Gasteiger partial charge in [-0.1, -0.05) is 12.2 Å². The van der Waals surface area contributed by atoms with Crippen LogP contribution in [0, 0.1) is 11.7 Å². The predicted octanol–water partition coefficient (Wildman–Crippen LogP) is 2.99. The molecule has 1 N–H and O–H groups in total. The van der Waals surface area contributed by atoms with Crippen molar-refractivity contribution in [2.24, 2.45) is 5.92 Å². The highest BCUT2D eigenvalue weighted by molar-refractivity contribution is 7.91. The second kappa shape index (κ2) is 5.89. The fourth-order valence-corrected chi connectivity index (χ4v) is 4.78. The average molecular weight is 309 g/mol. The summed E-state index contributed by atoms with van der Waals surface area (Å²) in [6.45, 7) is 0.852. The molecule has 1 aliphatic heterocycles.